The molecule has 0 atom stereocenters. The van der Waals surface area contributed by atoms with Gasteiger partial charge in [0.25, 0.3) is 5.91 Å². The fraction of sp³-hybridized carbons (Fsp3) is 0.571. The maximum atomic E-state index is 12.9. The van der Waals surface area contributed by atoms with Gasteiger partial charge in [-0.2, -0.15) is 0 Å². The molecule has 0 unspecified atom stereocenters. The number of carbonyl (C=O) groups excluding carboxylic acids is 1. The van der Waals surface area contributed by atoms with Gasteiger partial charge in [-0.15, -0.1) is 0 Å². The summed E-state index contributed by atoms with van der Waals surface area (Å²) in [6.07, 6.45) is 4.31. The van der Waals surface area contributed by atoms with Crippen LogP contribution in [0.25, 0.3) is 0 Å². The molecule has 7 heteroatoms. The van der Waals surface area contributed by atoms with E-state index in [1.165, 1.54) is 0 Å². The monoisotopic (exact) mass is 384 g/mol. The van der Waals surface area contributed by atoms with Crippen LogP contribution in [0.15, 0.2) is 22.7 Å². The number of hydrogen-bond acceptors (Lipinski definition) is 6. The first-order valence-corrected chi connectivity index (χ1v) is 10.2. The molecule has 0 spiro atoms. The third-order valence-electron chi connectivity index (χ3n) is 5.32. The van der Waals surface area contributed by atoms with Crippen molar-refractivity contribution < 1.29 is 13.9 Å². The van der Waals surface area contributed by atoms with Crippen LogP contribution in [0.4, 0.5) is 5.82 Å². The molecule has 28 heavy (non-hydrogen) atoms. The molecular weight excluding hydrogens is 356 g/mol. The van der Waals surface area contributed by atoms with E-state index in [0.29, 0.717) is 24.6 Å². The highest BCUT2D eigenvalue weighted by molar-refractivity contribution is 5.94. The van der Waals surface area contributed by atoms with Crippen LogP contribution in [-0.2, 0) is 24.1 Å². The topological polar surface area (TPSA) is 71.7 Å². The van der Waals surface area contributed by atoms with Gasteiger partial charge >= 0.3 is 0 Å². The second kappa shape index (κ2) is 8.31. The van der Waals surface area contributed by atoms with Gasteiger partial charge in [-0.3, -0.25) is 4.79 Å². The summed E-state index contributed by atoms with van der Waals surface area (Å²) >= 11 is 0. The minimum absolute atomic E-state index is 0.00147. The molecule has 1 amide bonds. The minimum atomic E-state index is -0.00147. The SMILES string of the molecule is CC(C)CCc1nc2c(o1)CCN(C(=O)c1ccc(N3CCOCC3)nc1)C2. The summed E-state index contributed by atoms with van der Waals surface area (Å²) in [7, 11) is 0. The number of oxazole rings is 1. The first kappa shape index (κ1) is 18.9. The fourth-order valence-electron chi connectivity index (χ4n) is 3.62. The third kappa shape index (κ3) is 4.19. The standard InChI is InChI=1S/C21H28N4O3/c1-15(2)3-6-20-23-17-14-25(8-7-18(17)28-20)21(26)16-4-5-19(22-13-16)24-9-11-27-12-10-24/h4-5,13,15H,3,6-12,14H2,1-2H3. The number of aromatic nitrogens is 2. The minimum Gasteiger partial charge on any atom is -0.445 e. The molecule has 4 rings (SSSR count). The van der Waals surface area contributed by atoms with Crippen LogP contribution in [-0.4, -0.2) is 53.6 Å². The van der Waals surface area contributed by atoms with E-state index in [2.05, 4.69) is 28.7 Å². The van der Waals surface area contributed by atoms with Crippen molar-refractivity contribution >= 4 is 11.7 Å². The van der Waals surface area contributed by atoms with Crippen molar-refractivity contribution in [3.05, 3.63) is 41.2 Å². The molecular formula is C21H28N4O3. The second-order valence-corrected chi connectivity index (χ2v) is 7.89. The van der Waals surface area contributed by atoms with E-state index in [9.17, 15) is 4.79 Å². The van der Waals surface area contributed by atoms with E-state index in [-0.39, 0.29) is 5.91 Å². The highest BCUT2D eigenvalue weighted by atomic mass is 16.5. The quantitative estimate of drug-likeness (QED) is 0.789. The zero-order valence-corrected chi connectivity index (χ0v) is 16.7. The summed E-state index contributed by atoms with van der Waals surface area (Å²) < 4.78 is 11.3. The molecule has 0 N–H and O–H groups in total. The average Bonchev–Trinajstić information content (AvgIpc) is 3.15. The van der Waals surface area contributed by atoms with E-state index in [0.717, 1.165) is 68.7 Å². The van der Waals surface area contributed by atoms with Crippen LogP contribution >= 0.6 is 0 Å². The Hall–Kier alpha value is -2.41. The summed E-state index contributed by atoms with van der Waals surface area (Å²) in [5.41, 5.74) is 1.51. The molecule has 2 aromatic rings. The second-order valence-electron chi connectivity index (χ2n) is 7.89. The van der Waals surface area contributed by atoms with Crippen LogP contribution in [0, 0.1) is 5.92 Å². The first-order chi connectivity index (χ1) is 13.6. The van der Waals surface area contributed by atoms with Crippen molar-refractivity contribution in [3.63, 3.8) is 0 Å². The maximum absolute atomic E-state index is 12.9. The Morgan fingerprint density at radius 3 is 2.75 bits per heavy atom. The molecule has 150 valence electrons. The molecule has 0 aromatic carbocycles. The van der Waals surface area contributed by atoms with Gasteiger partial charge in [-0.05, 0) is 24.5 Å². The number of carbonyl (C=O) groups is 1. The Bertz CT molecular complexity index is 810. The van der Waals surface area contributed by atoms with Crippen LogP contribution in [0.5, 0.6) is 0 Å². The molecule has 1 fully saturated rings. The first-order valence-electron chi connectivity index (χ1n) is 10.2. The van der Waals surface area contributed by atoms with E-state index in [1.54, 1.807) is 6.20 Å². The largest absolute Gasteiger partial charge is 0.445 e. The lowest BCUT2D eigenvalue weighted by Crippen LogP contribution is -2.37. The lowest BCUT2D eigenvalue weighted by Gasteiger charge is -2.28. The zero-order valence-electron chi connectivity index (χ0n) is 16.7. The number of ether oxygens (including phenoxy) is 1. The highest BCUT2D eigenvalue weighted by Gasteiger charge is 2.26. The summed E-state index contributed by atoms with van der Waals surface area (Å²) in [4.78, 5) is 26.1. The van der Waals surface area contributed by atoms with E-state index in [4.69, 9.17) is 9.15 Å². The number of morpholine rings is 1. The van der Waals surface area contributed by atoms with Crippen LogP contribution in [0.2, 0.25) is 0 Å². The van der Waals surface area contributed by atoms with E-state index >= 15 is 0 Å². The number of rotatable bonds is 5. The molecule has 0 bridgehead atoms. The van der Waals surface area contributed by atoms with Gasteiger partial charge < -0.3 is 19.0 Å². The molecule has 2 aromatic heterocycles. The van der Waals surface area contributed by atoms with Crippen LogP contribution < -0.4 is 4.90 Å². The van der Waals surface area contributed by atoms with Crippen molar-refractivity contribution in [2.45, 2.75) is 39.7 Å². The van der Waals surface area contributed by atoms with Crippen molar-refractivity contribution in [2.24, 2.45) is 5.92 Å². The Morgan fingerprint density at radius 2 is 2.04 bits per heavy atom. The molecule has 0 saturated carbocycles. The van der Waals surface area contributed by atoms with E-state index in [1.807, 2.05) is 17.0 Å². The normalized spacial score (nSPS) is 17.1. The van der Waals surface area contributed by atoms with Gasteiger partial charge in [0.15, 0.2) is 5.89 Å². The molecule has 7 nitrogen and oxygen atoms in total. The smallest absolute Gasteiger partial charge is 0.255 e. The summed E-state index contributed by atoms with van der Waals surface area (Å²) in [6, 6.07) is 3.79. The Labute approximate surface area is 165 Å². The molecule has 2 aliphatic rings. The fourth-order valence-corrected chi connectivity index (χ4v) is 3.62. The van der Waals surface area contributed by atoms with Crippen molar-refractivity contribution in [1.82, 2.24) is 14.9 Å². The van der Waals surface area contributed by atoms with Crippen molar-refractivity contribution in [2.75, 3.05) is 37.7 Å². The summed E-state index contributed by atoms with van der Waals surface area (Å²) in [5.74, 6) is 3.24. The number of hydrogen-bond donors (Lipinski definition) is 0. The van der Waals surface area contributed by atoms with Gasteiger partial charge in [0.2, 0.25) is 0 Å². The zero-order chi connectivity index (χ0) is 19.5. The Morgan fingerprint density at radius 1 is 1.21 bits per heavy atom. The van der Waals surface area contributed by atoms with Gasteiger partial charge in [-0.25, -0.2) is 9.97 Å². The lowest BCUT2D eigenvalue weighted by atomic mass is 10.1. The predicted octanol–water partition coefficient (Wildman–Crippen LogP) is 2.69. The van der Waals surface area contributed by atoms with Crippen LogP contribution in [0.3, 0.4) is 0 Å². The Kier molecular flexibility index (Phi) is 5.62. The number of aryl methyl sites for hydroxylation is 1. The van der Waals surface area contributed by atoms with Gasteiger partial charge in [0.05, 0.1) is 25.3 Å². The number of fused-ring (bicyclic) bond motifs is 1. The molecule has 1 saturated heterocycles. The van der Waals surface area contributed by atoms with Gasteiger partial charge in [-0.1, -0.05) is 13.8 Å². The molecule has 4 heterocycles. The summed E-state index contributed by atoms with van der Waals surface area (Å²) in [5, 5.41) is 0. The highest BCUT2D eigenvalue weighted by Crippen LogP contribution is 2.23. The molecule has 0 aliphatic carbocycles. The Balaban J connectivity index is 1.40. The number of pyridine rings is 1. The van der Waals surface area contributed by atoms with Gasteiger partial charge in [0.1, 0.15) is 17.3 Å². The lowest BCUT2D eigenvalue weighted by molar-refractivity contribution is 0.0727. The van der Waals surface area contributed by atoms with Crippen molar-refractivity contribution in [3.8, 4) is 0 Å². The summed E-state index contributed by atoms with van der Waals surface area (Å²) in [6.45, 7) is 8.65. The van der Waals surface area contributed by atoms with Gasteiger partial charge in [0, 0.05) is 38.7 Å². The predicted molar refractivity (Wildman–Crippen MR) is 105 cm³/mol. The number of nitrogens with zero attached hydrogens (tertiary/aromatic N) is 4. The third-order valence-corrected chi connectivity index (χ3v) is 5.32. The molecule has 0 radical (unpaired) electrons. The number of anilines is 1. The maximum Gasteiger partial charge on any atom is 0.255 e. The average molecular weight is 384 g/mol. The van der Waals surface area contributed by atoms with Crippen LogP contribution in [0.1, 0.15) is 48.0 Å². The van der Waals surface area contributed by atoms with E-state index < -0.39 is 0 Å². The van der Waals surface area contributed by atoms with Crippen molar-refractivity contribution in [1.29, 1.82) is 0 Å². The molecule has 2 aliphatic heterocycles. The number of amides is 1.